The molecule has 1 radical (unpaired) electrons. The molecule has 1 unspecified atom stereocenters. The van der Waals surface area contributed by atoms with Gasteiger partial charge < -0.3 is 10.0 Å². The summed E-state index contributed by atoms with van der Waals surface area (Å²) in [6.07, 6.45) is -0.379. The fourth-order valence-corrected chi connectivity index (χ4v) is 1.19. The predicted molar refractivity (Wildman–Crippen MR) is 48.9 cm³/mol. The Labute approximate surface area is 78.7 Å². The van der Waals surface area contributed by atoms with Crippen LogP contribution in [-0.4, -0.2) is 41.1 Å². The molecule has 1 aliphatic heterocycles. The largest absolute Gasteiger partial charge is 0.389 e. The smallest absolute Gasteiger partial charge is 0.241 e. The number of amides is 1. The third-order valence-corrected chi connectivity index (χ3v) is 2.29. The van der Waals surface area contributed by atoms with Gasteiger partial charge in [-0.05, 0) is 5.41 Å². The lowest BCUT2D eigenvalue weighted by molar-refractivity contribution is -0.145. The van der Waals surface area contributed by atoms with Gasteiger partial charge in [-0.1, -0.05) is 20.8 Å². The average Bonchev–Trinajstić information content (AvgIpc) is 1.94. The summed E-state index contributed by atoms with van der Waals surface area (Å²) in [6.45, 7) is 6.41. The number of hydrogen-bond donors (Lipinski definition) is 1. The summed E-state index contributed by atoms with van der Waals surface area (Å²) < 4.78 is 0. The SMILES string of the molecule is CC(C)(C)C([NH])C(=O)N1CC(O)C1. The Bertz CT molecular complexity index is 204. The number of aliphatic hydroxyl groups excluding tert-OH is 1. The van der Waals surface area contributed by atoms with Crippen LogP contribution < -0.4 is 5.73 Å². The zero-order valence-corrected chi connectivity index (χ0v) is 8.37. The van der Waals surface area contributed by atoms with Crippen LogP contribution in [0.15, 0.2) is 0 Å². The van der Waals surface area contributed by atoms with Crippen molar-refractivity contribution in [3.63, 3.8) is 0 Å². The number of rotatable bonds is 1. The first kappa shape index (κ1) is 10.5. The van der Waals surface area contributed by atoms with Crippen molar-refractivity contribution >= 4 is 5.91 Å². The van der Waals surface area contributed by atoms with Gasteiger partial charge in [0.25, 0.3) is 0 Å². The third-order valence-electron chi connectivity index (χ3n) is 2.29. The molecule has 75 valence electrons. The third kappa shape index (κ3) is 2.19. The summed E-state index contributed by atoms with van der Waals surface area (Å²) in [5.41, 5.74) is 7.37. The molecule has 0 bridgehead atoms. The second-order valence-corrected chi connectivity index (χ2v) is 4.70. The number of hydrogen-bond acceptors (Lipinski definition) is 2. The normalized spacial score (nSPS) is 21.2. The summed E-state index contributed by atoms with van der Waals surface area (Å²) in [6, 6.07) is -0.722. The van der Waals surface area contributed by atoms with E-state index in [0.717, 1.165) is 0 Å². The first-order valence-corrected chi connectivity index (χ1v) is 4.50. The van der Waals surface area contributed by atoms with Crippen molar-refractivity contribution in [3.8, 4) is 0 Å². The van der Waals surface area contributed by atoms with E-state index in [4.69, 9.17) is 10.8 Å². The lowest BCUT2D eigenvalue weighted by atomic mass is 9.86. The molecule has 1 aliphatic rings. The van der Waals surface area contributed by atoms with Crippen molar-refractivity contribution < 1.29 is 9.90 Å². The maximum absolute atomic E-state index is 11.5. The Kier molecular flexibility index (Phi) is 2.63. The van der Waals surface area contributed by atoms with Gasteiger partial charge in [0, 0.05) is 13.1 Å². The first-order chi connectivity index (χ1) is 5.82. The lowest BCUT2D eigenvalue weighted by Crippen LogP contribution is -2.58. The number of carbonyl (C=O) groups excluding carboxylic acids is 1. The Morgan fingerprint density at radius 1 is 1.54 bits per heavy atom. The number of β-amino-alcohol motifs (C(OH)–C–C–N with tert-alkyl or cyclic N) is 1. The molecule has 0 aromatic carbocycles. The van der Waals surface area contributed by atoms with E-state index in [-0.39, 0.29) is 17.4 Å². The van der Waals surface area contributed by atoms with E-state index < -0.39 is 6.04 Å². The second-order valence-electron chi connectivity index (χ2n) is 4.70. The monoisotopic (exact) mass is 185 g/mol. The molecule has 0 aliphatic carbocycles. The fourth-order valence-electron chi connectivity index (χ4n) is 1.19. The van der Waals surface area contributed by atoms with Gasteiger partial charge in [-0.3, -0.25) is 4.79 Å². The summed E-state index contributed by atoms with van der Waals surface area (Å²) >= 11 is 0. The van der Waals surface area contributed by atoms with Crippen molar-refractivity contribution in [1.29, 1.82) is 0 Å². The number of likely N-dealkylation sites (tertiary alicyclic amines) is 1. The van der Waals surface area contributed by atoms with Crippen molar-refractivity contribution in [2.75, 3.05) is 13.1 Å². The molecule has 2 N–H and O–H groups in total. The molecular formula is C9H17N2O2. The Morgan fingerprint density at radius 2 is 2.00 bits per heavy atom. The van der Waals surface area contributed by atoms with E-state index in [2.05, 4.69) is 0 Å². The van der Waals surface area contributed by atoms with Gasteiger partial charge in [-0.2, -0.15) is 0 Å². The van der Waals surface area contributed by atoms with Crippen molar-refractivity contribution in [3.05, 3.63) is 0 Å². The average molecular weight is 185 g/mol. The summed E-state index contributed by atoms with van der Waals surface area (Å²) in [5.74, 6) is -0.169. The predicted octanol–water partition coefficient (Wildman–Crippen LogP) is -0.113. The molecule has 1 amide bonds. The van der Waals surface area contributed by atoms with Crippen LogP contribution in [-0.2, 0) is 4.79 Å². The Morgan fingerprint density at radius 3 is 2.31 bits per heavy atom. The molecular weight excluding hydrogens is 168 g/mol. The van der Waals surface area contributed by atoms with Crippen LogP contribution in [0.4, 0.5) is 0 Å². The molecule has 4 nitrogen and oxygen atoms in total. The topological polar surface area (TPSA) is 64.3 Å². The molecule has 1 fully saturated rings. The van der Waals surface area contributed by atoms with E-state index in [0.29, 0.717) is 13.1 Å². The Balaban J connectivity index is 2.49. The van der Waals surface area contributed by atoms with Crippen molar-refractivity contribution in [1.82, 2.24) is 10.6 Å². The lowest BCUT2D eigenvalue weighted by Gasteiger charge is -2.39. The van der Waals surface area contributed by atoms with E-state index >= 15 is 0 Å². The quantitative estimate of drug-likeness (QED) is 0.619. The summed E-state index contributed by atoms with van der Waals surface area (Å²) in [5, 5.41) is 9.00. The fraction of sp³-hybridized carbons (Fsp3) is 0.889. The van der Waals surface area contributed by atoms with Gasteiger partial charge in [0.05, 0.1) is 6.10 Å². The highest BCUT2D eigenvalue weighted by Gasteiger charge is 2.36. The highest BCUT2D eigenvalue weighted by atomic mass is 16.3. The van der Waals surface area contributed by atoms with Crippen LogP contribution in [0.1, 0.15) is 20.8 Å². The molecule has 1 saturated heterocycles. The van der Waals surface area contributed by atoms with E-state index in [1.54, 1.807) is 0 Å². The van der Waals surface area contributed by atoms with Crippen LogP contribution in [0.2, 0.25) is 0 Å². The van der Waals surface area contributed by atoms with E-state index in [1.165, 1.54) is 4.90 Å². The highest BCUT2D eigenvalue weighted by molar-refractivity contribution is 5.83. The van der Waals surface area contributed by atoms with Gasteiger partial charge in [0.2, 0.25) is 5.91 Å². The Hall–Kier alpha value is -0.610. The van der Waals surface area contributed by atoms with Crippen LogP contribution in [0, 0.1) is 5.41 Å². The standard InChI is InChI=1S/C9H17N2O2/c1-9(2,3)7(10)8(13)11-4-6(12)5-11/h6-7,10,12H,4-5H2,1-3H3. The molecule has 1 atom stereocenters. The van der Waals surface area contributed by atoms with Gasteiger partial charge in [-0.25, -0.2) is 5.73 Å². The van der Waals surface area contributed by atoms with Gasteiger partial charge in [0.1, 0.15) is 6.04 Å². The van der Waals surface area contributed by atoms with Gasteiger partial charge in [0.15, 0.2) is 0 Å². The zero-order valence-electron chi connectivity index (χ0n) is 8.37. The van der Waals surface area contributed by atoms with Gasteiger partial charge in [-0.15, -0.1) is 0 Å². The summed E-state index contributed by atoms with van der Waals surface area (Å²) in [4.78, 5) is 13.1. The number of nitrogens with one attached hydrogen (secondary N) is 1. The molecule has 1 rings (SSSR count). The maximum Gasteiger partial charge on any atom is 0.241 e. The van der Waals surface area contributed by atoms with Crippen LogP contribution in [0.3, 0.4) is 0 Å². The van der Waals surface area contributed by atoms with E-state index in [1.807, 2.05) is 20.8 Å². The van der Waals surface area contributed by atoms with Crippen LogP contribution in [0.25, 0.3) is 0 Å². The molecule has 0 aromatic heterocycles. The zero-order chi connectivity index (χ0) is 10.2. The molecule has 0 spiro atoms. The van der Waals surface area contributed by atoms with Crippen LogP contribution in [0.5, 0.6) is 0 Å². The molecule has 1 heterocycles. The minimum atomic E-state index is -0.722. The van der Waals surface area contributed by atoms with Crippen molar-refractivity contribution in [2.24, 2.45) is 5.41 Å². The number of nitrogens with zero attached hydrogens (tertiary/aromatic N) is 1. The van der Waals surface area contributed by atoms with Crippen LogP contribution >= 0.6 is 0 Å². The number of aliphatic hydroxyl groups is 1. The molecule has 0 aromatic rings. The number of carbonyl (C=O) groups is 1. The minimum absolute atomic E-state index is 0.169. The maximum atomic E-state index is 11.5. The second kappa shape index (κ2) is 3.27. The molecule has 13 heavy (non-hydrogen) atoms. The van der Waals surface area contributed by atoms with Crippen molar-refractivity contribution in [2.45, 2.75) is 32.9 Å². The summed E-state index contributed by atoms with van der Waals surface area (Å²) in [7, 11) is 0. The molecule has 0 saturated carbocycles. The highest BCUT2D eigenvalue weighted by Crippen LogP contribution is 2.22. The minimum Gasteiger partial charge on any atom is -0.389 e. The molecule has 4 heteroatoms. The first-order valence-electron chi connectivity index (χ1n) is 4.50. The van der Waals surface area contributed by atoms with Gasteiger partial charge >= 0.3 is 0 Å². The van der Waals surface area contributed by atoms with E-state index in [9.17, 15) is 4.79 Å².